The minimum atomic E-state index is 0. The molecule has 4 heavy (non-hydrogen) atoms. The topological polar surface area (TPSA) is 0 Å². The van der Waals surface area contributed by atoms with E-state index in [2.05, 4.69) is 0 Å². The molecule has 0 aliphatic heterocycles. The Labute approximate surface area is 75.1 Å². The van der Waals surface area contributed by atoms with Crippen LogP contribution in [0.3, 0.4) is 0 Å². The zero-order chi connectivity index (χ0) is 0. The van der Waals surface area contributed by atoms with Crippen molar-refractivity contribution >= 4 is 23.9 Å². The van der Waals surface area contributed by atoms with E-state index in [1.807, 2.05) is 0 Å². The van der Waals surface area contributed by atoms with Crippen molar-refractivity contribution in [1.29, 1.82) is 0 Å². The molecule has 0 rings (SSSR count). The van der Waals surface area contributed by atoms with Gasteiger partial charge in [-0.15, -0.1) is 0 Å². The summed E-state index contributed by atoms with van der Waals surface area (Å²) in [6, 6.07) is 0. The van der Waals surface area contributed by atoms with E-state index < -0.39 is 0 Å². The van der Waals surface area contributed by atoms with Gasteiger partial charge in [-0.2, -0.15) is 0 Å². The van der Waals surface area contributed by atoms with E-state index in [4.69, 9.17) is 0 Å². The molecule has 0 amide bonds. The summed E-state index contributed by atoms with van der Waals surface area (Å²) in [5.74, 6) is 0. The van der Waals surface area contributed by atoms with Crippen LogP contribution in [0.15, 0.2) is 0 Å². The van der Waals surface area contributed by atoms with E-state index in [9.17, 15) is 0 Å². The first-order valence-electron chi connectivity index (χ1n) is 0. The van der Waals surface area contributed by atoms with E-state index in [1.165, 1.54) is 0 Å². The summed E-state index contributed by atoms with van der Waals surface area (Å²) in [5.41, 5.74) is 0. The molecule has 0 aromatic carbocycles. The van der Waals surface area contributed by atoms with E-state index >= 15 is 0 Å². The van der Waals surface area contributed by atoms with Crippen molar-refractivity contribution in [2.24, 2.45) is 0 Å². The van der Waals surface area contributed by atoms with Crippen molar-refractivity contribution in [2.75, 3.05) is 0 Å². The average molecular weight is 277 g/mol. The quantitative estimate of drug-likeness (QED) is 0.502. The Morgan fingerprint density at radius 3 is 0.500 bits per heavy atom. The SMILES string of the molecule is [Cr].[Cr].[Cr].[SnH2]. The summed E-state index contributed by atoms with van der Waals surface area (Å²) in [6.45, 7) is 0. The maximum atomic E-state index is 0. The molecule has 0 saturated heterocycles. The fraction of sp³-hybridized carbons (Fsp3) is 0. The molecule has 0 aliphatic carbocycles. The molecular formula is H2Cr3Sn. The van der Waals surface area contributed by atoms with Crippen molar-refractivity contribution in [2.45, 2.75) is 0 Å². The Bertz CT molecular complexity index is 3.25. The van der Waals surface area contributed by atoms with E-state index in [1.54, 1.807) is 0 Å². The van der Waals surface area contributed by atoms with Crippen LogP contribution >= 0.6 is 0 Å². The van der Waals surface area contributed by atoms with Gasteiger partial charge in [-0.1, -0.05) is 0 Å². The Morgan fingerprint density at radius 1 is 0.500 bits per heavy atom. The first-order chi connectivity index (χ1) is 0. The van der Waals surface area contributed by atoms with Gasteiger partial charge in [0, 0.05) is 52.1 Å². The van der Waals surface area contributed by atoms with E-state index in [0.29, 0.717) is 0 Å². The van der Waals surface area contributed by atoms with Crippen molar-refractivity contribution < 1.29 is 52.1 Å². The third-order valence-electron chi connectivity index (χ3n) is 0. The molecule has 4 heteroatoms. The predicted octanol–water partition coefficient (Wildman–Crippen LogP) is -0.924. The molecule has 0 aromatic rings. The first kappa shape index (κ1) is 32.4. The summed E-state index contributed by atoms with van der Waals surface area (Å²) < 4.78 is 0. The molecule has 0 fully saturated rings. The van der Waals surface area contributed by atoms with Gasteiger partial charge in [-0.25, -0.2) is 0 Å². The second-order valence-corrected chi connectivity index (χ2v) is 0. The zero-order valence-corrected chi connectivity index (χ0v) is 9.79. The summed E-state index contributed by atoms with van der Waals surface area (Å²) in [5, 5.41) is 0. The summed E-state index contributed by atoms with van der Waals surface area (Å²) >= 11 is 0. The third kappa shape index (κ3) is 8.83. The van der Waals surface area contributed by atoms with Crippen molar-refractivity contribution in [3.05, 3.63) is 0 Å². The predicted molar refractivity (Wildman–Crippen MR) is 8.54 cm³/mol. The van der Waals surface area contributed by atoms with Crippen LogP contribution in [-0.2, 0) is 52.1 Å². The van der Waals surface area contributed by atoms with Gasteiger partial charge in [-0.3, -0.25) is 0 Å². The van der Waals surface area contributed by atoms with Crippen LogP contribution in [0.5, 0.6) is 0 Å². The van der Waals surface area contributed by atoms with Crippen molar-refractivity contribution in [3.8, 4) is 0 Å². The molecule has 0 heterocycles. The zero-order valence-electron chi connectivity index (χ0n) is 1.93. The molecule has 0 atom stereocenters. The molecule has 0 unspecified atom stereocenters. The standard InChI is InChI=1S/3Cr.Sn.2H. The fourth-order valence-electron chi connectivity index (χ4n) is 0. The molecule has 0 aromatic heterocycles. The van der Waals surface area contributed by atoms with Crippen LogP contribution in [0.25, 0.3) is 0 Å². The molecule has 0 N–H and O–H groups in total. The second kappa shape index (κ2) is 18.2. The molecule has 24 valence electrons. The van der Waals surface area contributed by atoms with Crippen LogP contribution in [0, 0.1) is 0 Å². The summed E-state index contributed by atoms with van der Waals surface area (Å²) in [4.78, 5) is 0. The molecule has 2 radical (unpaired) electrons. The molecular weight excluding hydrogens is 275 g/mol. The van der Waals surface area contributed by atoms with Gasteiger partial charge in [0.15, 0.2) is 0 Å². The van der Waals surface area contributed by atoms with Gasteiger partial charge >= 0.3 is 23.9 Å². The van der Waals surface area contributed by atoms with Gasteiger partial charge in [0.25, 0.3) is 0 Å². The Balaban J connectivity index is 0. The molecule has 0 aliphatic rings. The monoisotopic (exact) mass is 278 g/mol. The molecule has 0 spiro atoms. The van der Waals surface area contributed by atoms with Crippen molar-refractivity contribution in [1.82, 2.24) is 0 Å². The van der Waals surface area contributed by atoms with Gasteiger partial charge < -0.3 is 0 Å². The van der Waals surface area contributed by atoms with E-state index in [0.717, 1.165) is 0 Å². The minimum absolute atomic E-state index is 0. The Morgan fingerprint density at radius 2 is 0.500 bits per heavy atom. The summed E-state index contributed by atoms with van der Waals surface area (Å²) in [7, 11) is 0. The number of hydrogen-bond donors (Lipinski definition) is 0. The molecule has 0 saturated carbocycles. The van der Waals surface area contributed by atoms with Crippen LogP contribution in [0.2, 0.25) is 0 Å². The molecule has 0 nitrogen and oxygen atoms in total. The van der Waals surface area contributed by atoms with Gasteiger partial charge in [0.2, 0.25) is 0 Å². The van der Waals surface area contributed by atoms with Crippen LogP contribution < -0.4 is 0 Å². The van der Waals surface area contributed by atoms with Crippen LogP contribution in [0.1, 0.15) is 0 Å². The molecule has 0 bridgehead atoms. The van der Waals surface area contributed by atoms with Gasteiger partial charge in [-0.05, 0) is 0 Å². The normalized spacial score (nSPS) is 0. The fourth-order valence-corrected chi connectivity index (χ4v) is 0. The maximum absolute atomic E-state index is 0. The summed E-state index contributed by atoms with van der Waals surface area (Å²) in [6.07, 6.45) is 0. The number of rotatable bonds is 0. The van der Waals surface area contributed by atoms with Gasteiger partial charge in [0.1, 0.15) is 0 Å². The van der Waals surface area contributed by atoms with Crippen LogP contribution in [-0.4, -0.2) is 23.9 Å². The number of hydrogen-bond acceptors (Lipinski definition) is 0. The van der Waals surface area contributed by atoms with Crippen molar-refractivity contribution in [3.63, 3.8) is 0 Å². The second-order valence-electron chi connectivity index (χ2n) is 0. The van der Waals surface area contributed by atoms with E-state index in [-0.39, 0.29) is 76.0 Å². The van der Waals surface area contributed by atoms with Crippen LogP contribution in [0.4, 0.5) is 0 Å². The Kier molecular flexibility index (Phi) is 147. The van der Waals surface area contributed by atoms with Gasteiger partial charge in [0.05, 0.1) is 0 Å². The average Bonchev–Trinajstić information content (AvgIpc) is 0. The Hall–Kier alpha value is 2.40. The first-order valence-corrected chi connectivity index (χ1v) is 0. The third-order valence-corrected chi connectivity index (χ3v) is 0.